The number of carboxylic acids is 1. The van der Waals surface area contributed by atoms with Gasteiger partial charge in [-0.25, -0.2) is 19.3 Å². The fourth-order valence-corrected chi connectivity index (χ4v) is 17.2. The number of anilines is 2. The van der Waals surface area contributed by atoms with Gasteiger partial charge in [0.2, 0.25) is 0 Å². The van der Waals surface area contributed by atoms with Crippen LogP contribution in [0, 0.1) is 5.82 Å². The molecule has 19 aromatic rings. The summed E-state index contributed by atoms with van der Waals surface area (Å²) >= 11 is 10.3. The molecule has 30 heteroatoms. The number of rotatable bonds is 13. The van der Waals surface area contributed by atoms with Gasteiger partial charge in [0.05, 0.1) is 110 Å². The molecule has 8 heterocycles. The number of carboxylic acid groups (broad SMARTS) is 1. The minimum absolute atomic E-state index is 0. The van der Waals surface area contributed by atoms with Crippen LogP contribution in [0.1, 0.15) is 119 Å². The van der Waals surface area contributed by atoms with Gasteiger partial charge in [-0.05, 0) is 231 Å². The molecule has 5 aromatic heterocycles. The first kappa shape index (κ1) is 112. The van der Waals surface area contributed by atoms with Crippen molar-refractivity contribution in [2.75, 3.05) is 18.6 Å². The van der Waals surface area contributed by atoms with E-state index in [4.69, 9.17) is 65.9 Å². The maximum atomic E-state index is 13.3. The molecule has 0 aliphatic carbocycles. The van der Waals surface area contributed by atoms with Crippen molar-refractivity contribution in [1.82, 2.24) is 28.7 Å². The number of halogens is 5. The molecule has 145 heavy (non-hydrogen) atoms. The number of pyridine rings is 2. The molecule has 0 radical (unpaired) electrons. The third kappa shape index (κ3) is 27.1. The summed E-state index contributed by atoms with van der Waals surface area (Å²) in [6.07, 6.45) is 0.926. The quantitative estimate of drug-likeness (QED) is 0.0208. The molecule has 3 saturated heterocycles. The molecule has 14 aromatic carbocycles. The maximum absolute atomic E-state index is 13.3. The Morgan fingerprint density at radius 1 is 0.434 bits per heavy atom. The normalized spacial score (nSPS) is 14.5. The van der Waals surface area contributed by atoms with Gasteiger partial charge in [0.25, 0.3) is 6.47 Å². The van der Waals surface area contributed by atoms with E-state index in [2.05, 4.69) is 318 Å². The number of fused-ring (bicyclic) bond motifs is 11. The molecule has 20 nitrogen and oxygen atoms in total. The van der Waals surface area contributed by atoms with Crippen LogP contribution in [0.15, 0.2) is 371 Å². The number of imidazole rings is 3. The van der Waals surface area contributed by atoms with Crippen molar-refractivity contribution in [3.8, 4) is 44.5 Å². The number of hydrogen-bond acceptors (Lipinski definition) is 16. The van der Waals surface area contributed by atoms with Gasteiger partial charge in [0, 0.05) is 58.4 Å². The zero-order valence-corrected chi connectivity index (χ0v) is 94.2. The molecule has 0 spiro atoms. The van der Waals surface area contributed by atoms with E-state index in [1.54, 1.807) is 60.7 Å². The van der Waals surface area contributed by atoms with Crippen LogP contribution >= 0.6 is 47.8 Å². The molecule has 3 aliphatic rings. The zero-order valence-electron chi connectivity index (χ0n) is 85.2. The summed E-state index contributed by atoms with van der Waals surface area (Å²) in [6, 6.07) is 118. The Balaban J connectivity index is 0.000000169. The Bertz CT molecular complexity index is 7540. The maximum Gasteiger partial charge on any atom is 1.00 e. The summed E-state index contributed by atoms with van der Waals surface area (Å²) in [5.41, 5.74) is 33.5. The van der Waals surface area contributed by atoms with Crippen LogP contribution in [0.3, 0.4) is 0 Å². The van der Waals surface area contributed by atoms with Crippen molar-refractivity contribution >= 4 is 170 Å². The van der Waals surface area contributed by atoms with Crippen molar-refractivity contribution in [3.05, 3.63) is 405 Å². The van der Waals surface area contributed by atoms with E-state index < -0.39 is 40.1 Å². The molecule has 0 saturated carbocycles. The Morgan fingerprint density at radius 2 is 0.766 bits per heavy atom. The third-order valence-corrected chi connectivity index (χ3v) is 27.4. The van der Waals surface area contributed by atoms with E-state index in [9.17, 15) is 18.4 Å². The number of nitrogen functional groups attached to an aromatic ring is 2. The average molecular weight is 2190 g/mol. The second-order valence-electron chi connectivity index (χ2n) is 36.9. The molecule has 3 aliphatic heterocycles. The van der Waals surface area contributed by atoms with Gasteiger partial charge in [0.1, 0.15) is 22.9 Å². The van der Waals surface area contributed by atoms with Gasteiger partial charge in [-0.15, -0.1) is 0 Å². The molecule has 0 bridgehead atoms. The minimum Gasteiger partial charge on any atom is -1.00 e. The monoisotopic (exact) mass is 2180 g/mol. The number of aromatic amines is 1. The van der Waals surface area contributed by atoms with E-state index >= 15 is 0 Å². The molecular weight excluding hydrogens is 2070 g/mol. The summed E-state index contributed by atoms with van der Waals surface area (Å²) in [6.45, 7) is 24.4. The van der Waals surface area contributed by atoms with Gasteiger partial charge in [-0.2, -0.15) is 0 Å². The SMILES string of the molecule is Brc1ccc(-c2c(-c3ccccc3)c3ccccc3n3c2nc2ccccc23)cc1.Brc1ccc(Cc2nc3ccccc3[nH]2)cc1.CC1(C)OB(B2OC(C)(C)C(C)(C)O2)OC1(C)C.CC1(C)OB(c2ccc(-c3c(-c4ccccc4)c4ccccc4n4c3nc3ccccc34)cc2)OC1(C)C.Nc1ccccc1N.O=C(O)Cc1ccc(Br)cc1.O=C(c1ccccc1)c1ccccc1F.O=CO[O-].[2H]CF.[H-].[K+].[K+]. The molecular formula is C115H110B3Br3F2K2N8O12. The Hall–Kier alpha value is -10.3. The second-order valence-corrected chi connectivity index (χ2v) is 39.7. The molecule has 0 atom stereocenters. The van der Waals surface area contributed by atoms with Crippen LogP contribution < -0.4 is 125 Å². The van der Waals surface area contributed by atoms with Crippen LogP contribution in [0.25, 0.3) is 111 Å². The van der Waals surface area contributed by atoms with Gasteiger partial charge in [-0.3, -0.25) is 27.6 Å². The van der Waals surface area contributed by atoms with Crippen LogP contribution in [-0.4, -0.2) is 114 Å². The number of H-pyrrole nitrogens is 1. The van der Waals surface area contributed by atoms with Crippen LogP contribution in [0.4, 0.5) is 20.2 Å². The van der Waals surface area contributed by atoms with E-state index in [0.717, 1.165) is 109 Å². The smallest absolute Gasteiger partial charge is 1.00 e. The Kier molecular flexibility index (Phi) is 39.0. The topological polar surface area (TPSA) is 274 Å². The summed E-state index contributed by atoms with van der Waals surface area (Å²) in [5.74, 6) is -0.555. The number of ketones is 1. The van der Waals surface area contributed by atoms with E-state index in [1.165, 1.54) is 56.2 Å². The number of carbonyl (C=O) groups excluding carboxylic acids is 2. The molecule has 0 unspecified atom stereocenters. The minimum atomic E-state index is -1.00. The number of benzene rings is 14. The van der Waals surface area contributed by atoms with Crippen molar-refractivity contribution in [1.29, 1.82) is 0 Å². The summed E-state index contributed by atoms with van der Waals surface area (Å²) in [7, 11) is -2.35. The first-order valence-corrected chi connectivity index (χ1v) is 48.7. The van der Waals surface area contributed by atoms with E-state index in [-0.39, 0.29) is 162 Å². The number of nitrogens with two attached hydrogens (primary N) is 2. The number of hydrogen-bond donors (Lipinski definition) is 4. The van der Waals surface area contributed by atoms with E-state index in [0.29, 0.717) is 16.9 Å². The Labute approximate surface area is 957 Å². The molecule has 0 amide bonds. The molecule has 728 valence electrons. The van der Waals surface area contributed by atoms with Crippen LogP contribution in [0.2, 0.25) is 0 Å². The Morgan fingerprint density at radius 3 is 1.17 bits per heavy atom. The molecule has 22 rings (SSSR count). The summed E-state index contributed by atoms with van der Waals surface area (Å²) < 4.78 is 73.0. The van der Waals surface area contributed by atoms with Crippen molar-refractivity contribution in [3.63, 3.8) is 0 Å². The first-order chi connectivity index (χ1) is 68.9. The van der Waals surface area contributed by atoms with Crippen LogP contribution in [0.5, 0.6) is 0 Å². The average Bonchev–Trinajstić information content (AvgIpc) is 1.42. The number of aromatic nitrogens is 6. The number of alkyl halides is 1. The summed E-state index contributed by atoms with van der Waals surface area (Å²) in [4.78, 5) is 51.5. The fraction of sp³-hybridized carbons (Fsp3) is 0.183. The van der Waals surface area contributed by atoms with Gasteiger partial charge in [0.15, 0.2) is 5.78 Å². The molecule has 3 fully saturated rings. The number of para-hydroxylation sites is 10. The zero-order chi connectivity index (χ0) is 103. The predicted octanol–water partition coefficient (Wildman–Crippen LogP) is 20.3. The van der Waals surface area contributed by atoms with Gasteiger partial charge < -0.3 is 61.1 Å². The van der Waals surface area contributed by atoms with Crippen molar-refractivity contribution in [2.45, 2.75) is 130 Å². The van der Waals surface area contributed by atoms with E-state index in [1.807, 2.05) is 122 Å². The number of carbonyl (C=O) groups is 3. The van der Waals surface area contributed by atoms with Gasteiger partial charge >= 0.3 is 130 Å². The van der Waals surface area contributed by atoms with Crippen LogP contribution in [-0.2, 0) is 55.2 Å². The van der Waals surface area contributed by atoms with Crippen molar-refractivity contribution in [2.24, 2.45) is 0 Å². The second kappa shape index (κ2) is 50.6. The summed E-state index contributed by atoms with van der Waals surface area (Å²) in [5, 5.41) is 19.3. The largest absolute Gasteiger partial charge is 1.00 e. The number of aliphatic carboxylic acids is 1. The standard InChI is InChI=1S/C33H29BN2O2.C27H17BrN2.C14H11BrN2.C13H9FO.C12H24B2O4.C8H7BrO2.C6H8N2.CH3F.CH2O3.2K.H/c1-32(2)33(3,4)38-34(37-32)24-20-18-23(19-21-24)30-29(22-12-6-5-7-13-22)25-14-8-10-16-27(25)36-28-17-11-9-15-26(28)35-31(30)36;28-20-16-14-19(15-17-20)26-25(18-8-2-1-3-9-18)21-10-4-6-12-23(21)30-24-13-7-5-11-22(24)29-27(26)30;15-11-7-5-10(6-8-11)9-14-16-12-3-1-2-4-13(12)17-14;14-12-9-5-4-8-11(12)13(15)10-6-2-1-3-7-10;1-9(2)10(3,4)16-13(15-9)14-17-11(5,6)12(7,8)18-14;9-7-3-1-6(2-4-7)5-8(10)11;7-5-3-1-2-4-6(5)8;1-2;2-1-4-3;;;/h5-21H,1-4H3;1-17H;1-8H,9H2,(H,16,17);1-9H;1-8H3;1-4H,5H2,(H,10,11);1-4H,7-8H2;1H3;1,3H;;;/q;;;;;;;;;2*+1;-1/p-1/i;;;;;;;1D;;;;. The fourth-order valence-electron chi connectivity index (χ4n) is 16.4. The predicted molar refractivity (Wildman–Crippen MR) is 583 cm³/mol. The first-order valence-electron chi connectivity index (χ1n) is 47.0. The number of nitrogens with one attached hydrogen (secondary N) is 1. The molecule has 6 N–H and O–H groups in total. The third-order valence-electron chi connectivity index (χ3n) is 25.8. The van der Waals surface area contributed by atoms with Crippen molar-refractivity contribution < 1.29 is 172 Å². The number of nitrogens with zero attached hydrogens (tertiary/aromatic N) is 5. The van der Waals surface area contributed by atoms with Gasteiger partial charge in [-0.1, -0.05) is 297 Å².